The van der Waals surface area contributed by atoms with Gasteiger partial charge in [0.25, 0.3) is 0 Å². The fraction of sp³-hybridized carbons (Fsp3) is 0.647. The molecule has 0 heterocycles. The molecule has 0 amide bonds. The summed E-state index contributed by atoms with van der Waals surface area (Å²) in [4.78, 5) is 2.53. The van der Waals surface area contributed by atoms with Crippen LogP contribution in [0.1, 0.15) is 39.7 Å². The molecule has 0 aliphatic heterocycles. The number of rotatable bonds is 8. The summed E-state index contributed by atoms with van der Waals surface area (Å²) in [5, 5.41) is 0. The predicted octanol–water partition coefficient (Wildman–Crippen LogP) is 3.08. The Morgan fingerprint density at radius 2 is 1.85 bits per heavy atom. The first-order valence-electron chi connectivity index (χ1n) is 7.56. The Balaban J connectivity index is 2.90. The van der Waals surface area contributed by atoms with Crippen molar-refractivity contribution in [1.82, 2.24) is 4.90 Å². The summed E-state index contributed by atoms with van der Waals surface area (Å²) in [5.41, 5.74) is 7.42. The van der Waals surface area contributed by atoms with E-state index in [1.54, 1.807) is 7.11 Å². The zero-order valence-electron chi connectivity index (χ0n) is 13.6. The van der Waals surface area contributed by atoms with E-state index in [4.69, 9.17) is 10.5 Å². The highest BCUT2D eigenvalue weighted by Crippen LogP contribution is 2.24. The monoisotopic (exact) mass is 278 g/mol. The lowest BCUT2D eigenvalue weighted by atomic mass is 9.89. The van der Waals surface area contributed by atoms with Gasteiger partial charge in [-0.2, -0.15) is 0 Å². The highest BCUT2D eigenvalue weighted by atomic mass is 16.5. The molecule has 1 unspecified atom stereocenters. The number of methoxy groups -OCH3 is 1. The Labute approximate surface area is 124 Å². The van der Waals surface area contributed by atoms with E-state index in [0.717, 1.165) is 25.1 Å². The molecule has 114 valence electrons. The van der Waals surface area contributed by atoms with E-state index in [-0.39, 0.29) is 5.54 Å². The van der Waals surface area contributed by atoms with Crippen LogP contribution in [0.3, 0.4) is 0 Å². The lowest BCUT2D eigenvalue weighted by Gasteiger charge is -2.43. The van der Waals surface area contributed by atoms with Gasteiger partial charge in [-0.3, -0.25) is 4.90 Å². The van der Waals surface area contributed by atoms with Crippen LogP contribution in [0, 0.1) is 0 Å². The minimum Gasteiger partial charge on any atom is -0.497 e. The van der Waals surface area contributed by atoms with Crippen molar-refractivity contribution in [2.24, 2.45) is 5.73 Å². The van der Waals surface area contributed by atoms with E-state index < -0.39 is 0 Å². The third kappa shape index (κ3) is 4.22. The molecule has 0 saturated heterocycles. The molecule has 1 aromatic carbocycles. The average molecular weight is 278 g/mol. The van der Waals surface area contributed by atoms with E-state index in [1.807, 2.05) is 12.1 Å². The van der Waals surface area contributed by atoms with Gasteiger partial charge < -0.3 is 10.5 Å². The molecule has 3 nitrogen and oxygen atoms in total. The van der Waals surface area contributed by atoms with Gasteiger partial charge in [-0.25, -0.2) is 0 Å². The van der Waals surface area contributed by atoms with Crippen molar-refractivity contribution in [2.75, 3.05) is 20.2 Å². The van der Waals surface area contributed by atoms with Crippen molar-refractivity contribution in [2.45, 2.75) is 52.1 Å². The highest BCUT2D eigenvalue weighted by Gasteiger charge is 2.31. The van der Waals surface area contributed by atoms with Gasteiger partial charge in [-0.05, 0) is 57.9 Å². The van der Waals surface area contributed by atoms with Gasteiger partial charge in [0.05, 0.1) is 7.11 Å². The maximum Gasteiger partial charge on any atom is 0.118 e. The van der Waals surface area contributed by atoms with Gasteiger partial charge in [0.15, 0.2) is 0 Å². The van der Waals surface area contributed by atoms with Crippen molar-refractivity contribution in [3.05, 3.63) is 29.8 Å². The van der Waals surface area contributed by atoms with Crippen LogP contribution in [-0.2, 0) is 6.42 Å². The van der Waals surface area contributed by atoms with Gasteiger partial charge in [0, 0.05) is 18.1 Å². The van der Waals surface area contributed by atoms with E-state index >= 15 is 0 Å². The minimum absolute atomic E-state index is 0.00123. The quantitative estimate of drug-likeness (QED) is 0.794. The molecular formula is C17H30N2O. The summed E-state index contributed by atoms with van der Waals surface area (Å²) in [7, 11) is 1.70. The third-order valence-corrected chi connectivity index (χ3v) is 3.97. The standard InChI is InChI=1S/C17H30N2O/c1-6-11-19(14(2)3)17(4,13-18)12-15-7-9-16(20-5)10-8-15/h7-10,14H,6,11-13,18H2,1-5H3. The van der Waals surface area contributed by atoms with Gasteiger partial charge in [0.2, 0.25) is 0 Å². The summed E-state index contributed by atoms with van der Waals surface area (Å²) in [6.45, 7) is 10.7. The van der Waals surface area contributed by atoms with Crippen LogP contribution in [-0.4, -0.2) is 36.7 Å². The third-order valence-electron chi connectivity index (χ3n) is 3.97. The van der Waals surface area contributed by atoms with Gasteiger partial charge in [0.1, 0.15) is 5.75 Å². The normalized spacial score (nSPS) is 14.6. The molecule has 0 fully saturated rings. The van der Waals surface area contributed by atoms with Gasteiger partial charge in [-0.1, -0.05) is 19.1 Å². The van der Waals surface area contributed by atoms with Crippen molar-refractivity contribution in [1.29, 1.82) is 0 Å². The Kier molecular flexibility index (Phi) is 6.50. The second-order valence-corrected chi connectivity index (χ2v) is 6.01. The second kappa shape index (κ2) is 7.65. The smallest absolute Gasteiger partial charge is 0.118 e. The van der Waals surface area contributed by atoms with Crippen LogP contribution in [0.2, 0.25) is 0 Å². The predicted molar refractivity (Wildman–Crippen MR) is 86.3 cm³/mol. The molecule has 1 rings (SSSR count). The van der Waals surface area contributed by atoms with Crippen LogP contribution >= 0.6 is 0 Å². The molecule has 0 radical (unpaired) electrons. The maximum absolute atomic E-state index is 6.11. The molecule has 0 aliphatic rings. The lowest BCUT2D eigenvalue weighted by Crippen LogP contribution is -2.56. The molecule has 2 N–H and O–H groups in total. The van der Waals surface area contributed by atoms with Gasteiger partial charge >= 0.3 is 0 Å². The first-order chi connectivity index (χ1) is 9.46. The topological polar surface area (TPSA) is 38.5 Å². The Bertz CT molecular complexity index is 388. The zero-order valence-corrected chi connectivity index (χ0v) is 13.6. The number of nitrogens with two attached hydrogens (primary N) is 1. The second-order valence-electron chi connectivity index (χ2n) is 6.01. The minimum atomic E-state index is -0.00123. The first kappa shape index (κ1) is 17.0. The fourth-order valence-corrected chi connectivity index (χ4v) is 2.87. The molecule has 0 aromatic heterocycles. The Morgan fingerprint density at radius 1 is 1.25 bits per heavy atom. The lowest BCUT2D eigenvalue weighted by molar-refractivity contribution is 0.0758. The summed E-state index contributed by atoms with van der Waals surface area (Å²) >= 11 is 0. The van der Waals surface area contributed by atoms with Crippen molar-refractivity contribution in [3.63, 3.8) is 0 Å². The molecule has 0 saturated carbocycles. The van der Waals surface area contributed by atoms with Crippen LogP contribution in [0.4, 0.5) is 0 Å². The van der Waals surface area contributed by atoms with E-state index in [2.05, 4.69) is 44.7 Å². The van der Waals surface area contributed by atoms with Crippen LogP contribution < -0.4 is 10.5 Å². The molecular weight excluding hydrogens is 248 g/mol. The van der Waals surface area contributed by atoms with E-state index in [1.165, 1.54) is 5.56 Å². The molecule has 1 atom stereocenters. The Hall–Kier alpha value is -1.06. The van der Waals surface area contributed by atoms with Crippen molar-refractivity contribution < 1.29 is 4.74 Å². The molecule has 0 aliphatic carbocycles. The fourth-order valence-electron chi connectivity index (χ4n) is 2.87. The zero-order chi connectivity index (χ0) is 15.2. The molecule has 0 bridgehead atoms. The number of nitrogens with zero attached hydrogens (tertiary/aromatic N) is 1. The largest absolute Gasteiger partial charge is 0.497 e. The summed E-state index contributed by atoms with van der Waals surface area (Å²) in [6, 6.07) is 8.81. The molecule has 3 heteroatoms. The number of benzene rings is 1. The highest BCUT2D eigenvalue weighted by molar-refractivity contribution is 5.28. The molecule has 1 aromatic rings. The number of ether oxygens (including phenoxy) is 1. The molecule has 0 spiro atoms. The molecule has 20 heavy (non-hydrogen) atoms. The maximum atomic E-state index is 6.11. The van der Waals surface area contributed by atoms with Crippen molar-refractivity contribution >= 4 is 0 Å². The summed E-state index contributed by atoms with van der Waals surface area (Å²) < 4.78 is 5.21. The van der Waals surface area contributed by atoms with Gasteiger partial charge in [-0.15, -0.1) is 0 Å². The van der Waals surface area contributed by atoms with E-state index in [0.29, 0.717) is 12.6 Å². The van der Waals surface area contributed by atoms with Crippen LogP contribution in [0.15, 0.2) is 24.3 Å². The Morgan fingerprint density at radius 3 is 2.25 bits per heavy atom. The van der Waals surface area contributed by atoms with Crippen molar-refractivity contribution in [3.8, 4) is 5.75 Å². The number of hydrogen-bond acceptors (Lipinski definition) is 3. The van der Waals surface area contributed by atoms with Crippen LogP contribution in [0.25, 0.3) is 0 Å². The first-order valence-corrected chi connectivity index (χ1v) is 7.56. The number of hydrogen-bond donors (Lipinski definition) is 1. The average Bonchev–Trinajstić information content (AvgIpc) is 2.45. The summed E-state index contributed by atoms with van der Waals surface area (Å²) in [5.74, 6) is 0.900. The summed E-state index contributed by atoms with van der Waals surface area (Å²) in [6.07, 6.45) is 2.11. The SMILES string of the molecule is CCCN(C(C)C)C(C)(CN)Cc1ccc(OC)cc1. The van der Waals surface area contributed by atoms with Crippen LogP contribution in [0.5, 0.6) is 5.75 Å². The van der Waals surface area contributed by atoms with E-state index in [9.17, 15) is 0 Å².